The van der Waals surface area contributed by atoms with Gasteiger partial charge in [-0.2, -0.15) is 5.26 Å². The Labute approximate surface area is 123 Å². The highest BCUT2D eigenvalue weighted by molar-refractivity contribution is 5.36. The van der Waals surface area contributed by atoms with Gasteiger partial charge in [0.25, 0.3) is 5.56 Å². The van der Waals surface area contributed by atoms with E-state index in [0.29, 0.717) is 30.4 Å². The van der Waals surface area contributed by atoms with Gasteiger partial charge >= 0.3 is 0 Å². The average Bonchev–Trinajstić information content (AvgIpc) is 2.48. The maximum absolute atomic E-state index is 12.2. The number of nitrogens with one attached hydrogen (secondary N) is 1. The van der Waals surface area contributed by atoms with E-state index < -0.39 is 0 Å². The Morgan fingerprint density at radius 2 is 2.24 bits per heavy atom. The molecule has 0 amide bonds. The van der Waals surface area contributed by atoms with Crippen LogP contribution in [0.15, 0.2) is 41.5 Å². The first-order chi connectivity index (χ1) is 10.1. The first-order valence-electron chi connectivity index (χ1n) is 6.88. The van der Waals surface area contributed by atoms with E-state index in [0.717, 1.165) is 5.56 Å². The van der Waals surface area contributed by atoms with Crippen LogP contribution in [0.2, 0.25) is 0 Å². The molecule has 0 atom stereocenters. The van der Waals surface area contributed by atoms with Crippen molar-refractivity contribution in [3.8, 4) is 6.07 Å². The summed E-state index contributed by atoms with van der Waals surface area (Å²) in [5.41, 5.74) is 1.42. The molecular weight excluding hydrogens is 264 g/mol. The number of hydrogen-bond donors (Lipinski definition) is 1. The highest BCUT2D eigenvalue weighted by Gasteiger charge is 2.06. The molecule has 0 aliphatic rings. The zero-order valence-electron chi connectivity index (χ0n) is 12.2. The lowest BCUT2D eigenvalue weighted by atomic mass is 10.1. The molecule has 21 heavy (non-hydrogen) atoms. The van der Waals surface area contributed by atoms with Gasteiger partial charge in [0.15, 0.2) is 5.82 Å². The zero-order valence-corrected chi connectivity index (χ0v) is 12.2. The quantitative estimate of drug-likeness (QED) is 0.914. The summed E-state index contributed by atoms with van der Waals surface area (Å²) in [6.07, 6.45) is 3.32. The van der Waals surface area contributed by atoms with Gasteiger partial charge in [-0.3, -0.25) is 4.79 Å². The summed E-state index contributed by atoms with van der Waals surface area (Å²) >= 11 is 0. The summed E-state index contributed by atoms with van der Waals surface area (Å²) in [4.78, 5) is 16.3. The van der Waals surface area contributed by atoms with Crippen LogP contribution in [0.4, 0.5) is 5.82 Å². The van der Waals surface area contributed by atoms with Gasteiger partial charge in [-0.25, -0.2) is 4.98 Å². The third kappa shape index (κ3) is 3.93. The predicted octanol–water partition coefficient (Wildman–Crippen LogP) is 2.38. The second kappa shape index (κ2) is 6.71. The van der Waals surface area contributed by atoms with E-state index in [4.69, 9.17) is 5.26 Å². The Kier molecular flexibility index (Phi) is 4.72. The van der Waals surface area contributed by atoms with E-state index in [1.807, 2.05) is 12.1 Å². The minimum atomic E-state index is -0.123. The molecule has 0 radical (unpaired) electrons. The lowest BCUT2D eigenvalue weighted by Crippen LogP contribution is -2.25. The van der Waals surface area contributed by atoms with Gasteiger partial charge in [0.1, 0.15) is 0 Å². The monoisotopic (exact) mass is 282 g/mol. The number of benzene rings is 1. The molecule has 108 valence electrons. The Morgan fingerprint density at radius 3 is 2.95 bits per heavy atom. The molecule has 0 saturated carbocycles. The van der Waals surface area contributed by atoms with Crippen molar-refractivity contribution in [3.05, 3.63) is 58.1 Å². The summed E-state index contributed by atoms with van der Waals surface area (Å²) in [6, 6.07) is 9.37. The maximum Gasteiger partial charge on any atom is 0.293 e. The van der Waals surface area contributed by atoms with Gasteiger partial charge < -0.3 is 9.88 Å². The number of rotatable bonds is 5. The maximum atomic E-state index is 12.2. The van der Waals surface area contributed by atoms with E-state index in [-0.39, 0.29) is 5.56 Å². The highest BCUT2D eigenvalue weighted by Crippen LogP contribution is 2.06. The van der Waals surface area contributed by atoms with Crippen LogP contribution in [0.3, 0.4) is 0 Å². The summed E-state index contributed by atoms with van der Waals surface area (Å²) in [6.45, 7) is 5.25. The van der Waals surface area contributed by atoms with Crippen LogP contribution in [-0.4, -0.2) is 9.55 Å². The van der Waals surface area contributed by atoms with Crippen molar-refractivity contribution in [2.75, 3.05) is 5.32 Å². The molecule has 0 aliphatic carbocycles. The number of nitrogens with zero attached hydrogens (tertiary/aromatic N) is 3. The highest BCUT2D eigenvalue weighted by atomic mass is 16.1. The number of aromatic nitrogens is 2. The molecule has 5 heteroatoms. The molecule has 2 rings (SSSR count). The molecule has 1 N–H and O–H groups in total. The summed E-state index contributed by atoms with van der Waals surface area (Å²) in [5, 5.41) is 11.9. The minimum absolute atomic E-state index is 0.123. The second-order valence-electron chi connectivity index (χ2n) is 5.29. The van der Waals surface area contributed by atoms with Gasteiger partial charge in [-0.15, -0.1) is 0 Å². The fourth-order valence-electron chi connectivity index (χ4n) is 2.04. The minimum Gasteiger partial charge on any atom is -0.361 e. The fraction of sp³-hybridized carbons (Fsp3) is 0.312. The number of anilines is 1. The Bertz CT molecular complexity index is 713. The topological polar surface area (TPSA) is 70.7 Å². The van der Waals surface area contributed by atoms with Crippen LogP contribution in [0, 0.1) is 17.2 Å². The molecular formula is C16H18N4O. The molecule has 0 saturated heterocycles. The average molecular weight is 282 g/mol. The summed E-state index contributed by atoms with van der Waals surface area (Å²) < 4.78 is 1.66. The molecule has 0 unspecified atom stereocenters. The van der Waals surface area contributed by atoms with Crippen LogP contribution in [0.5, 0.6) is 0 Å². The third-order valence-corrected chi connectivity index (χ3v) is 2.99. The smallest absolute Gasteiger partial charge is 0.293 e. The van der Waals surface area contributed by atoms with Crippen molar-refractivity contribution in [2.24, 2.45) is 5.92 Å². The molecule has 0 bridgehead atoms. The lowest BCUT2D eigenvalue weighted by Gasteiger charge is -2.11. The van der Waals surface area contributed by atoms with E-state index in [9.17, 15) is 4.79 Å². The molecule has 0 fully saturated rings. The largest absolute Gasteiger partial charge is 0.361 e. The molecule has 0 spiro atoms. The van der Waals surface area contributed by atoms with Crippen molar-refractivity contribution in [1.82, 2.24) is 9.55 Å². The van der Waals surface area contributed by atoms with Crippen molar-refractivity contribution in [3.63, 3.8) is 0 Å². The Morgan fingerprint density at radius 1 is 1.43 bits per heavy atom. The Hall–Kier alpha value is -2.61. The molecule has 2 aromatic rings. The van der Waals surface area contributed by atoms with Crippen LogP contribution in [0.25, 0.3) is 0 Å². The van der Waals surface area contributed by atoms with E-state index >= 15 is 0 Å². The first-order valence-corrected chi connectivity index (χ1v) is 6.88. The summed E-state index contributed by atoms with van der Waals surface area (Å²) in [5.74, 6) is 0.728. The van der Waals surface area contributed by atoms with Gasteiger partial charge in [0.2, 0.25) is 0 Å². The SMILES string of the molecule is CC(C)Cn1ccnc(NCc2cccc(C#N)c2)c1=O. The molecule has 1 heterocycles. The van der Waals surface area contributed by atoms with Crippen molar-refractivity contribution >= 4 is 5.82 Å². The van der Waals surface area contributed by atoms with E-state index in [1.165, 1.54) is 0 Å². The van der Waals surface area contributed by atoms with Gasteiger partial charge in [0, 0.05) is 25.5 Å². The zero-order chi connectivity index (χ0) is 15.2. The molecule has 5 nitrogen and oxygen atoms in total. The summed E-state index contributed by atoms with van der Waals surface area (Å²) in [7, 11) is 0. The molecule has 1 aromatic carbocycles. The van der Waals surface area contributed by atoms with Crippen LogP contribution < -0.4 is 10.9 Å². The van der Waals surface area contributed by atoms with Crippen molar-refractivity contribution in [1.29, 1.82) is 5.26 Å². The number of nitriles is 1. The van der Waals surface area contributed by atoms with Crippen LogP contribution in [0.1, 0.15) is 25.0 Å². The van der Waals surface area contributed by atoms with Gasteiger partial charge in [0.05, 0.1) is 11.6 Å². The third-order valence-electron chi connectivity index (χ3n) is 2.99. The predicted molar refractivity (Wildman–Crippen MR) is 81.8 cm³/mol. The standard InChI is InChI=1S/C16H18N4O/c1-12(2)11-20-7-6-18-15(16(20)21)19-10-14-5-3-4-13(8-14)9-17/h3-8,12H,10-11H2,1-2H3,(H,18,19). The van der Waals surface area contributed by atoms with Crippen molar-refractivity contribution < 1.29 is 0 Å². The molecule has 0 aliphatic heterocycles. The Balaban J connectivity index is 2.13. The van der Waals surface area contributed by atoms with Gasteiger partial charge in [-0.1, -0.05) is 26.0 Å². The molecule has 1 aromatic heterocycles. The lowest BCUT2D eigenvalue weighted by molar-refractivity contribution is 0.509. The fourth-order valence-corrected chi connectivity index (χ4v) is 2.04. The van der Waals surface area contributed by atoms with E-state index in [1.54, 1.807) is 29.1 Å². The van der Waals surface area contributed by atoms with Crippen molar-refractivity contribution in [2.45, 2.75) is 26.9 Å². The van der Waals surface area contributed by atoms with Crippen LogP contribution >= 0.6 is 0 Å². The first kappa shape index (κ1) is 14.8. The second-order valence-corrected chi connectivity index (χ2v) is 5.29. The van der Waals surface area contributed by atoms with E-state index in [2.05, 4.69) is 30.2 Å². The van der Waals surface area contributed by atoms with Crippen LogP contribution in [-0.2, 0) is 13.1 Å². The normalized spacial score (nSPS) is 10.4. The number of hydrogen-bond acceptors (Lipinski definition) is 4. The van der Waals surface area contributed by atoms with Gasteiger partial charge in [-0.05, 0) is 23.6 Å².